The molecule has 1 aliphatic rings. The molecule has 17 heavy (non-hydrogen) atoms. The van der Waals surface area contributed by atoms with Crippen LogP contribution in [-0.4, -0.2) is 11.5 Å². The number of halogens is 2. The summed E-state index contributed by atoms with van der Waals surface area (Å²) >= 11 is 6.02. The monoisotopic (exact) mass is 253 g/mol. The number of benzene rings is 1. The molecule has 90 valence electrons. The van der Waals surface area contributed by atoms with Gasteiger partial charge in [0.15, 0.2) is 0 Å². The van der Waals surface area contributed by atoms with Crippen LogP contribution < -0.4 is 5.73 Å². The minimum absolute atomic E-state index is 0.0712. The molecule has 0 spiro atoms. The molecule has 0 fully saturated rings. The van der Waals surface area contributed by atoms with Crippen molar-refractivity contribution in [3.63, 3.8) is 0 Å². The summed E-state index contributed by atoms with van der Waals surface area (Å²) < 4.78 is 13.8. The molecular weight excluding hydrogens is 241 g/mol. The fourth-order valence-corrected chi connectivity index (χ4v) is 2.18. The summed E-state index contributed by atoms with van der Waals surface area (Å²) in [5, 5.41) is 8.19. The Morgan fingerprint density at radius 3 is 2.88 bits per heavy atom. The summed E-state index contributed by atoms with van der Waals surface area (Å²) in [5.41, 5.74) is 6.57. The standard InChI is InChI=1S/C12H13ClFN3/c1-2-7-6-10(15)16-17-12(7)11-8(13)4-3-5-9(11)14/h3-5,7H,2,6H2,1H3,(H2,15,16). The van der Waals surface area contributed by atoms with Gasteiger partial charge in [-0.2, -0.15) is 5.10 Å². The number of amidine groups is 1. The third kappa shape index (κ3) is 2.31. The van der Waals surface area contributed by atoms with Crippen molar-refractivity contribution in [2.45, 2.75) is 19.8 Å². The van der Waals surface area contributed by atoms with Crippen molar-refractivity contribution in [1.82, 2.24) is 0 Å². The van der Waals surface area contributed by atoms with Gasteiger partial charge in [-0.05, 0) is 18.6 Å². The Balaban J connectivity index is 2.52. The first kappa shape index (κ1) is 12.0. The zero-order valence-electron chi connectivity index (χ0n) is 9.45. The Morgan fingerprint density at radius 2 is 2.24 bits per heavy atom. The second-order valence-corrected chi connectivity index (χ2v) is 4.39. The molecule has 5 heteroatoms. The van der Waals surface area contributed by atoms with Gasteiger partial charge in [0.25, 0.3) is 0 Å². The average molecular weight is 254 g/mol. The van der Waals surface area contributed by atoms with Gasteiger partial charge in [0.2, 0.25) is 0 Å². The molecule has 3 nitrogen and oxygen atoms in total. The van der Waals surface area contributed by atoms with E-state index in [9.17, 15) is 4.39 Å². The van der Waals surface area contributed by atoms with Gasteiger partial charge in [0.1, 0.15) is 11.7 Å². The Bertz CT molecular complexity index is 476. The zero-order chi connectivity index (χ0) is 12.4. The smallest absolute Gasteiger partial charge is 0.133 e. The first-order chi connectivity index (χ1) is 8.13. The van der Waals surface area contributed by atoms with E-state index in [0.717, 1.165) is 6.42 Å². The molecule has 0 aromatic heterocycles. The number of hydrogen-bond donors (Lipinski definition) is 1. The summed E-state index contributed by atoms with van der Waals surface area (Å²) in [6.07, 6.45) is 1.42. The number of hydrogen-bond acceptors (Lipinski definition) is 3. The average Bonchev–Trinajstić information content (AvgIpc) is 2.30. The molecule has 1 aliphatic heterocycles. The van der Waals surface area contributed by atoms with Gasteiger partial charge in [-0.15, -0.1) is 5.10 Å². The van der Waals surface area contributed by atoms with Crippen molar-refractivity contribution in [3.8, 4) is 0 Å². The van der Waals surface area contributed by atoms with Crippen LogP contribution in [0.15, 0.2) is 28.4 Å². The predicted molar refractivity (Wildman–Crippen MR) is 68.0 cm³/mol. The van der Waals surface area contributed by atoms with Crippen molar-refractivity contribution in [2.75, 3.05) is 0 Å². The Kier molecular flexibility index (Phi) is 3.43. The zero-order valence-corrected chi connectivity index (χ0v) is 10.2. The van der Waals surface area contributed by atoms with Crippen LogP contribution in [0.5, 0.6) is 0 Å². The van der Waals surface area contributed by atoms with Crippen LogP contribution in [0.1, 0.15) is 25.3 Å². The molecule has 1 atom stereocenters. The second-order valence-electron chi connectivity index (χ2n) is 3.98. The van der Waals surface area contributed by atoms with Crippen LogP contribution in [0.4, 0.5) is 4.39 Å². The maximum Gasteiger partial charge on any atom is 0.133 e. The topological polar surface area (TPSA) is 50.7 Å². The lowest BCUT2D eigenvalue weighted by Gasteiger charge is -2.20. The van der Waals surface area contributed by atoms with Gasteiger partial charge in [-0.1, -0.05) is 24.6 Å². The van der Waals surface area contributed by atoms with Crippen molar-refractivity contribution >= 4 is 23.1 Å². The molecule has 2 rings (SSSR count). The quantitative estimate of drug-likeness (QED) is 0.866. The molecule has 1 aromatic rings. The van der Waals surface area contributed by atoms with Crippen LogP contribution in [0.25, 0.3) is 0 Å². The molecule has 1 aromatic carbocycles. The predicted octanol–water partition coefficient (Wildman–Crippen LogP) is 2.97. The van der Waals surface area contributed by atoms with Gasteiger partial charge in [0, 0.05) is 12.3 Å². The number of nitrogens with zero attached hydrogens (tertiary/aromatic N) is 2. The van der Waals surface area contributed by atoms with E-state index < -0.39 is 0 Å². The van der Waals surface area contributed by atoms with E-state index in [4.69, 9.17) is 17.3 Å². The fraction of sp³-hybridized carbons (Fsp3) is 0.333. The summed E-state index contributed by atoms with van der Waals surface area (Å²) in [6.45, 7) is 2.01. The van der Waals surface area contributed by atoms with E-state index in [1.54, 1.807) is 12.1 Å². The molecule has 0 radical (unpaired) electrons. The molecule has 2 N–H and O–H groups in total. The van der Waals surface area contributed by atoms with Crippen LogP contribution in [-0.2, 0) is 0 Å². The van der Waals surface area contributed by atoms with Gasteiger partial charge in [-0.3, -0.25) is 0 Å². The molecule has 0 saturated carbocycles. The Hall–Kier alpha value is -1.42. The maximum atomic E-state index is 13.8. The molecule has 1 unspecified atom stereocenters. The van der Waals surface area contributed by atoms with Crippen molar-refractivity contribution in [2.24, 2.45) is 21.9 Å². The minimum Gasteiger partial charge on any atom is -0.386 e. The normalized spacial score (nSPS) is 19.8. The summed E-state index contributed by atoms with van der Waals surface area (Å²) in [7, 11) is 0. The Morgan fingerprint density at radius 1 is 1.47 bits per heavy atom. The highest BCUT2D eigenvalue weighted by Gasteiger charge is 2.25. The van der Waals surface area contributed by atoms with E-state index in [1.807, 2.05) is 6.92 Å². The third-order valence-corrected chi connectivity index (χ3v) is 3.16. The Labute approximate surface area is 104 Å². The summed E-state index contributed by atoms with van der Waals surface area (Å²) in [5.74, 6) is 0.181. The summed E-state index contributed by atoms with van der Waals surface area (Å²) in [4.78, 5) is 0. The SMILES string of the molecule is CCC1CC(N)=NN=C1c1c(F)cccc1Cl. The van der Waals surface area contributed by atoms with Crippen LogP contribution in [0, 0.1) is 11.7 Å². The third-order valence-electron chi connectivity index (χ3n) is 2.84. The van der Waals surface area contributed by atoms with Gasteiger partial charge in [0.05, 0.1) is 16.3 Å². The van der Waals surface area contributed by atoms with E-state index in [2.05, 4.69) is 10.2 Å². The number of nitrogens with two attached hydrogens (primary N) is 1. The van der Waals surface area contributed by atoms with E-state index >= 15 is 0 Å². The first-order valence-corrected chi connectivity index (χ1v) is 5.85. The van der Waals surface area contributed by atoms with Crippen LogP contribution in [0.3, 0.4) is 0 Å². The van der Waals surface area contributed by atoms with E-state index in [-0.39, 0.29) is 11.7 Å². The minimum atomic E-state index is -0.370. The molecule has 0 bridgehead atoms. The maximum absolute atomic E-state index is 13.8. The largest absolute Gasteiger partial charge is 0.386 e. The molecule has 0 saturated heterocycles. The fourth-order valence-electron chi connectivity index (χ4n) is 1.92. The first-order valence-electron chi connectivity index (χ1n) is 5.47. The highest BCUT2D eigenvalue weighted by molar-refractivity contribution is 6.34. The number of rotatable bonds is 2. The lowest BCUT2D eigenvalue weighted by atomic mass is 9.90. The molecular formula is C12H13ClFN3. The van der Waals surface area contributed by atoms with Gasteiger partial charge < -0.3 is 5.73 Å². The van der Waals surface area contributed by atoms with Crippen LogP contribution >= 0.6 is 11.6 Å². The lowest BCUT2D eigenvalue weighted by Crippen LogP contribution is -2.27. The molecule has 1 heterocycles. The van der Waals surface area contributed by atoms with E-state index in [1.165, 1.54) is 6.07 Å². The van der Waals surface area contributed by atoms with Gasteiger partial charge >= 0.3 is 0 Å². The second kappa shape index (κ2) is 4.84. The molecule has 0 amide bonds. The van der Waals surface area contributed by atoms with Gasteiger partial charge in [-0.25, -0.2) is 4.39 Å². The molecule has 0 aliphatic carbocycles. The van der Waals surface area contributed by atoms with E-state index in [0.29, 0.717) is 28.6 Å². The highest BCUT2D eigenvalue weighted by atomic mass is 35.5. The lowest BCUT2D eigenvalue weighted by molar-refractivity contribution is 0.616. The van der Waals surface area contributed by atoms with Crippen LogP contribution in [0.2, 0.25) is 5.02 Å². The summed E-state index contributed by atoms with van der Waals surface area (Å²) in [6, 6.07) is 4.60. The van der Waals surface area contributed by atoms with Crippen molar-refractivity contribution in [3.05, 3.63) is 34.6 Å². The van der Waals surface area contributed by atoms with Crippen molar-refractivity contribution in [1.29, 1.82) is 0 Å². The van der Waals surface area contributed by atoms with Crippen molar-refractivity contribution < 1.29 is 4.39 Å². The highest BCUT2D eigenvalue weighted by Crippen LogP contribution is 2.27.